The van der Waals surface area contributed by atoms with E-state index in [1.807, 2.05) is 11.9 Å². The first-order valence-corrected chi connectivity index (χ1v) is 6.69. The standard InChI is InChI=1S/C15H21FN2O/c1-11-10-12(4-5-13(11)16)14(19)18-8-6-15(2,17-3)7-9-18/h4-5,10,17H,6-9H2,1-3H3. The number of carbonyl (C=O) groups is 1. The number of amides is 1. The van der Waals surface area contributed by atoms with E-state index in [-0.39, 0.29) is 17.3 Å². The summed E-state index contributed by atoms with van der Waals surface area (Å²) >= 11 is 0. The number of halogens is 1. The molecular weight excluding hydrogens is 243 g/mol. The monoisotopic (exact) mass is 264 g/mol. The van der Waals surface area contributed by atoms with Gasteiger partial charge in [0.2, 0.25) is 0 Å². The van der Waals surface area contributed by atoms with Gasteiger partial charge in [-0.3, -0.25) is 4.79 Å². The van der Waals surface area contributed by atoms with Crippen LogP contribution in [0.1, 0.15) is 35.7 Å². The van der Waals surface area contributed by atoms with Gasteiger partial charge in [-0.2, -0.15) is 0 Å². The zero-order valence-corrected chi connectivity index (χ0v) is 11.8. The third-order valence-electron chi connectivity index (χ3n) is 4.16. The lowest BCUT2D eigenvalue weighted by Crippen LogP contribution is -2.51. The van der Waals surface area contributed by atoms with E-state index in [1.165, 1.54) is 6.07 Å². The fourth-order valence-corrected chi connectivity index (χ4v) is 2.41. The minimum Gasteiger partial charge on any atom is -0.339 e. The molecule has 0 aromatic heterocycles. The Hall–Kier alpha value is -1.42. The summed E-state index contributed by atoms with van der Waals surface area (Å²) in [4.78, 5) is 14.2. The highest BCUT2D eigenvalue weighted by Gasteiger charge is 2.30. The second kappa shape index (κ2) is 5.29. The van der Waals surface area contributed by atoms with Gasteiger partial charge in [0.15, 0.2) is 0 Å². The lowest BCUT2D eigenvalue weighted by atomic mass is 9.89. The molecule has 3 nitrogen and oxygen atoms in total. The highest BCUT2D eigenvalue weighted by Crippen LogP contribution is 2.22. The number of piperidine rings is 1. The largest absolute Gasteiger partial charge is 0.339 e. The number of hydrogen-bond acceptors (Lipinski definition) is 2. The van der Waals surface area contributed by atoms with E-state index in [1.54, 1.807) is 19.1 Å². The molecule has 1 fully saturated rings. The van der Waals surface area contributed by atoms with Crippen molar-refractivity contribution in [1.29, 1.82) is 0 Å². The highest BCUT2D eigenvalue weighted by molar-refractivity contribution is 5.94. The van der Waals surface area contributed by atoms with E-state index in [0.717, 1.165) is 25.9 Å². The van der Waals surface area contributed by atoms with E-state index in [2.05, 4.69) is 12.2 Å². The molecule has 2 rings (SSSR count). The summed E-state index contributed by atoms with van der Waals surface area (Å²) in [6.07, 6.45) is 1.88. The number of hydrogen-bond donors (Lipinski definition) is 1. The molecule has 0 atom stereocenters. The van der Waals surface area contributed by atoms with Gasteiger partial charge in [0.1, 0.15) is 5.82 Å². The van der Waals surface area contributed by atoms with Crippen LogP contribution in [0, 0.1) is 12.7 Å². The Kier molecular flexibility index (Phi) is 3.90. The van der Waals surface area contributed by atoms with Crippen LogP contribution in [-0.2, 0) is 0 Å². The summed E-state index contributed by atoms with van der Waals surface area (Å²) in [6.45, 7) is 5.34. The van der Waals surface area contributed by atoms with Crippen LogP contribution in [0.2, 0.25) is 0 Å². The Morgan fingerprint density at radius 3 is 2.53 bits per heavy atom. The molecular formula is C15H21FN2O. The smallest absolute Gasteiger partial charge is 0.253 e. The number of nitrogens with zero attached hydrogens (tertiary/aromatic N) is 1. The maximum atomic E-state index is 13.2. The fraction of sp³-hybridized carbons (Fsp3) is 0.533. The SMILES string of the molecule is CNC1(C)CCN(C(=O)c2ccc(F)c(C)c2)CC1. The lowest BCUT2D eigenvalue weighted by Gasteiger charge is -2.39. The third-order valence-corrected chi connectivity index (χ3v) is 4.16. The molecule has 1 amide bonds. The summed E-state index contributed by atoms with van der Waals surface area (Å²) in [5, 5.41) is 3.31. The van der Waals surface area contributed by atoms with Crippen molar-refractivity contribution in [3.63, 3.8) is 0 Å². The van der Waals surface area contributed by atoms with Crippen molar-refractivity contribution in [1.82, 2.24) is 10.2 Å². The molecule has 1 aromatic rings. The maximum Gasteiger partial charge on any atom is 0.253 e. The van der Waals surface area contributed by atoms with Gasteiger partial charge in [-0.25, -0.2) is 4.39 Å². The number of rotatable bonds is 2. The number of aryl methyl sites for hydroxylation is 1. The van der Waals surface area contributed by atoms with Gasteiger partial charge in [0, 0.05) is 24.2 Å². The molecule has 1 saturated heterocycles. The van der Waals surface area contributed by atoms with Crippen LogP contribution >= 0.6 is 0 Å². The predicted molar refractivity (Wildman–Crippen MR) is 73.7 cm³/mol. The second-order valence-corrected chi connectivity index (χ2v) is 5.57. The van der Waals surface area contributed by atoms with Gasteiger partial charge >= 0.3 is 0 Å². The summed E-state index contributed by atoms with van der Waals surface area (Å²) in [5.41, 5.74) is 1.21. The van der Waals surface area contributed by atoms with E-state index >= 15 is 0 Å². The van der Waals surface area contributed by atoms with Gasteiger partial charge < -0.3 is 10.2 Å². The molecule has 1 aliphatic heterocycles. The van der Waals surface area contributed by atoms with Crippen molar-refractivity contribution in [3.8, 4) is 0 Å². The van der Waals surface area contributed by atoms with Crippen molar-refractivity contribution in [2.45, 2.75) is 32.2 Å². The summed E-state index contributed by atoms with van der Waals surface area (Å²) in [5.74, 6) is -0.265. The first-order valence-electron chi connectivity index (χ1n) is 6.69. The zero-order chi connectivity index (χ0) is 14.0. The normalized spacial score (nSPS) is 18.4. The number of likely N-dealkylation sites (tertiary alicyclic amines) is 1. The summed E-state index contributed by atoms with van der Waals surface area (Å²) in [6, 6.07) is 4.56. The van der Waals surface area contributed by atoms with Crippen LogP contribution in [0.15, 0.2) is 18.2 Å². The average Bonchev–Trinajstić information content (AvgIpc) is 2.42. The van der Waals surface area contributed by atoms with Crippen molar-refractivity contribution in [3.05, 3.63) is 35.1 Å². The molecule has 0 radical (unpaired) electrons. The van der Waals surface area contributed by atoms with Gasteiger partial charge in [0.05, 0.1) is 0 Å². The molecule has 1 aromatic carbocycles. The molecule has 0 unspecified atom stereocenters. The van der Waals surface area contributed by atoms with Crippen molar-refractivity contribution in [2.75, 3.05) is 20.1 Å². The molecule has 1 aliphatic rings. The van der Waals surface area contributed by atoms with E-state index in [9.17, 15) is 9.18 Å². The van der Waals surface area contributed by atoms with Crippen LogP contribution in [0.3, 0.4) is 0 Å². The van der Waals surface area contributed by atoms with E-state index < -0.39 is 0 Å². The van der Waals surface area contributed by atoms with Crippen LogP contribution < -0.4 is 5.32 Å². The minimum absolute atomic E-state index is 0.00116. The maximum absolute atomic E-state index is 13.2. The summed E-state index contributed by atoms with van der Waals surface area (Å²) < 4.78 is 13.2. The van der Waals surface area contributed by atoms with Gasteiger partial charge in [0.25, 0.3) is 5.91 Å². The molecule has 1 heterocycles. The summed E-state index contributed by atoms with van der Waals surface area (Å²) in [7, 11) is 1.96. The number of nitrogens with one attached hydrogen (secondary N) is 1. The van der Waals surface area contributed by atoms with Crippen LogP contribution in [-0.4, -0.2) is 36.5 Å². The zero-order valence-electron chi connectivity index (χ0n) is 11.8. The Labute approximate surface area is 113 Å². The van der Waals surface area contributed by atoms with Crippen molar-refractivity contribution >= 4 is 5.91 Å². The fourth-order valence-electron chi connectivity index (χ4n) is 2.41. The van der Waals surface area contributed by atoms with E-state index in [0.29, 0.717) is 11.1 Å². The third kappa shape index (κ3) is 2.95. The molecule has 0 aliphatic carbocycles. The van der Waals surface area contributed by atoms with Crippen molar-refractivity contribution in [2.24, 2.45) is 0 Å². The molecule has 19 heavy (non-hydrogen) atoms. The predicted octanol–water partition coefficient (Wildman–Crippen LogP) is 2.35. The Bertz CT molecular complexity index is 479. The first-order chi connectivity index (χ1) is 8.95. The Morgan fingerprint density at radius 1 is 1.37 bits per heavy atom. The van der Waals surface area contributed by atoms with Crippen LogP contribution in [0.25, 0.3) is 0 Å². The molecule has 1 N–H and O–H groups in total. The molecule has 0 spiro atoms. The molecule has 0 saturated carbocycles. The quantitative estimate of drug-likeness (QED) is 0.889. The van der Waals surface area contributed by atoms with Crippen molar-refractivity contribution < 1.29 is 9.18 Å². The molecule has 0 bridgehead atoms. The van der Waals surface area contributed by atoms with E-state index in [4.69, 9.17) is 0 Å². The number of benzene rings is 1. The van der Waals surface area contributed by atoms with Crippen LogP contribution in [0.4, 0.5) is 4.39 Å². The second-order valence-electron chi connectivity index (χ2n) is 5.57. The highest BCUT2D eigenvalue weighted by atomic mass is 19.1. The van der Waals surface area contributed by atoms with Crippen LogP contribution in [0.5, 0.6) is 0 Å². The molecule has 104 valence electrons. The Morgan fingerprint density at radius 2 is 2.00 bits per heavy atom. The topological polar surface area (TPSA) is 32.3 Å². The lowest BCUT2D eigenvalue weighted by molar-refractivity contribution is 0.0661. The first kappa shape index (κ1) is 14.0. The van der Waals surface area contributed by atoms with Gasteiger partial charge in [-0.1, -0.05) is 0 Å². The van der Waals surface area contributed by atoms with Gasteiger partial charge in [-0.05, 0) is 57.5 Å². The number of carbonyl (C=O) groups excluding carboxylic acids is 1. The Balaban J connectivity index is 2.07. The average molecular weight is 264 g/mol. The molecule has 4 heteroatoms. The minimum atomic E-state index is -0.266. The van der Waals surface area contributed by atoms with Gasteiger partial charge in [-0.15, -0.1) is 0 Å².